The predicted octanol–water partition coefficient (Wildman–Crippen LogP) is 6.98. The molecule has 0 aliphatic carbocycles. The molecule has 2 aliphatic heterocycles. The number of benzene rings is 2. The van der Waals surface area contributed by atoms with Gasteiger partial charge < -0.3 is 23.7 Å². The van der Waals surface area contributed by atoms with Gasteiger partial charge in [-0.25, -0.2) is 18.7 Å². The lowest BCUT2D eigenvalue weighted by Gasteiger charge is -2.26. The van der Waals surface area contributed by atoms with E-state index in [4.69, 9.17) is 35.3 Å². The summed E-state index contributed by atoms with van der Waals surface area (Å²) < 4.78 is 57.8. The van der Waals surface area contributed by atoms with Crippen molar-refractivity contribution in [1.82, 2.24) is 34.3 Å². The van der Waals surface area contributed by atoms with Crippen molar-refractivity contribution in [3.8, 4) is 28.9 Å². The number of Topliss-reactive ketones (excluding diaryl/α,β-unsaturated/α-hetero) is 1. The minimum Gasteiger partial charge on any atom is -0.476 e. The number of halogens is 3. The first-order valence-electron chi connectivity index (χ1n) is 20.8. The molecule has 2 saturated heterocycles. The first kappa shape index (κ1) is 44.2. The molecule has 17 heteroatoms. The summed E-state index contributed by atoms with van der Waals surface area (Å²) in [5, 5.41) is 2.07. The number of aromatic nitrogens is 5. The van der Waals surface area contributed by atoms with Crippen LogP contribution in [0.1, 0.15) is 15.9 Å². The molecule has 0 unspecified atom stereocenters. The standard InChI is InChI=1S/C33H28F2N4O5.C14H16ClN3O2/c34-23-5-3-22(4-6-23)18-29(40)25-2-1-11-39(33(25)41)24-7-8-31(27(35)19-24)44-30-9-10-36-28-20-32(37-21-26(28)30)43-17-14-38-12-15-42-16-13-38;15-12-1-2-16-13-9-14(17-10-11(12)13)20-8-5-18-3-6-19-7-4-18/h1-11,19-21H,12-18H2;1-2,9-10H,3-8H2. The van der Waals surface area contributed by atoms with E-state index in [2.05, 4.69) is 29.7 Å². The number of morpholine rings is 2. The molecule has 0 spiro atoms. The number of carbonyl (C=O) groups is 1. The van der Waals surface area contributed by atoms with E-state index in [0.29, 0.717) is 52.2 Å². The van der Waals surface area contributed by atoms with E-state index in [9.17, 15) is 14.0 Å². The minimum absolute atomic E-state index is 0.0576. The number of ketones is 1. The normalized spacial score (nSPS) is 14.5. The van der Waals surface area contributed by atoms with Gasteiger partial charge in [0, 0.05) is 100 Å². The molecule has 5 aromatic heterocycles. The Morgan fingerprint density at radius 3 is 1.95 bits per heavy atom. The third-order valence-electron chi connectivity index (χ3n) is 10.6. The highest BCUT2D eigenvalue weighted by molar-refractivity contribution is 6.35. The Hall–Kier alpha value is -6.43. The van der Waals surface area contributed by atoms with E-state index in [0.717, 1.165) is 82.7 Å². The van der Waals surface area contributed by atoms with Gasteiger partial charge in [-0.2, -0.15) is 0 Å². The van der Waals surface area contributed by atoms with Crippen molar-refractivity contribution in [2.45, 2.75) is 6.42 Å². The molecule has 0 bridgehead atoms. The molecule has 0 amide bonds. The van der Waals surface area contributed by atoms with Crippen molar-refractivity contribution >= 4 is 39.2 Å². The summed E-state index contributed by atoms with van der Waals surface area (Å²) >= 11 is 6.08. The highest BCUT2D eigenvalue weighted by Gasteiger charge is 2.17. The van der Waals surface area contributed by atoms with E-state index in [1.807, 2.05) is 6.07 Å². The van der Waals surface area contributed by atoms with Crippen molar-refractivity contribution in [1.29, 1.82) is 0 Å². The van der Waals surface area contributed by atoms with Gasteiger partial charge in [-0.05, 0) is 54.1 Å². The third kappa shape index (κ3) is 11.4. The molecule has 2 aliphatic rings. The molecule has 9 rings (SSSR count). The number of rotatable bonds is 14. The van der Waals surface area contributed by atoms with E-state index in [-0.39, 0.29) is 23.4 Å². The first-order valence-corrected chi connectivity index (χ1v) is 21.1. The van der Waals surface area contributed by atoms with Crippen LogP contribution < -0.4 is 19.8 Å². The largest absolute Gasteiger partial charge is 0.476 e. The van der Waals surface area contributed by atoms with Crippen molar-refractivity contribution in [3.05, 3.63) is 148 Å². The van der Waals surface area contributed by atoms with Crippen LogP contribution in [0.3, 0.4) is 0 Å². The van der Waals surface area contributed by atoms with E-state index >= 15 is 4.39 Å². The van der Waals surface area contributed by atoms with Crippen LogP contribution in [-0.2, 0) is 15.9 Å². The molecule has 14 nitrogen and oxygen atoms in total. The number of nitrogens with zero attached hydrogens (tertiary/aromatic N) is 7. The molecule has 330 valence electrons. The van der Waals surface area contributed by atoms with Crippen molar-refractivity contribution in [2.75, 3.05) is 78.9 Å². The molecular formula is C47H44ClF2N7O7. The van der Waals surface area contributed by atoms with Crippen LogP contribution in [0.5, 0.6) is 23.3 Å². The average Bonchev–Trinajstić information content (AvgIpc) is 3.31. The van der Waals surface area contributed by atoms with Crippen LogP contribution in [0.2, 0.25) is 5.02 Å². The zero-order chi connectivity index (χ0) is 44.3. The van der Waals surface area contributed by atoms with Crippen LogP contribution in [0.15, 0.2) is 115 Å². The van der Waals surface area contributed by atoms with Gasteiger partial charge in [-0.3, -0.25) is 33.9 Å². The Balaban J connectivity index is 0.000000233. The van der Waals surface area contributed by atoms with E-state index in [1.165, 1.54) is 53.2 Å². The van der Waals surface area contributed by atoms with Gasteiger partial charge in [0.15, 0.2) is 17.3 Å². The summed E-state index contributed by atoms with van der Waals surface area (Å²) in [4.78, 5) is 47.9. The second-order valence-corrected chi connectivity index (χ2v) is 15.2. The van der Waals surface area contributed by atoms with Gasteiger partial charge in [0.2, 0.25) is 11.8 Å². The molecule has 64 heavy (non-hydrogen) atoms. The van der Waals surface area contributed by atoms with Crippen LogP contribution in [0.4, 0.5) is 8.78 Å². The first-order chi connectivity index (χ1) is 31.3. The summed E-state index contributed by atoms with van der Waals surface area (Å²) in [6, 6.07) is 19.4. The van der Waals surface area contributed by atoms with Crippen molar-refractivity contribution in [2.24, 2.45) is 0 Å². The predicted molar refractivity (Wildman–Crippen MR) is 236 cm³/mol. The van der Waals surface area contributed by atoms with Gasteiger partial charge >= 0.3 is 0 Å². The van der Waals surface area contributed by atoms with Crippen LogP contribution in [0, 0.1) is 11.6 Å². The van der Waals surface area contributed by atoms with Gasteiger partial charge in [0.25, 0.3) is 5.56 Å². The topological polar surface area (TPSA) is 143 Å². The molecular weight excluding hydrogens is 848 g/mol. The molecule has 7 aromatic rings. The third-order valence-corrected chi connectivity index (χ3v) is 10.9. The number of carbonyl (C=O) groups excluding carboxylic acids is 1. The highest BCUT2D eigenvalue weighted by atomic mass is 35.5. The molecule has 7 heterocycles. The van der Waals surface area contributed by atoms with Crippen molar-refractivity contribution < 1.29 is 37.3 Å². The Bertz CT molecular complexity index is 2770. The summed E-state index contributed by atoms with van der Waals surface area (Å²) in [5.74, 6) is -0.266. The minimum atomic E-state index is -0.710. The molecule has 0 radical (unpaired) electrons. The van der Waals surface area contributed by atoms with E-state index < -0.39 is 23.0 Å². The lowest BCUT2D eigenvalue weighted by Crippen LogP contribution is -2.38. The Kier molecular flexibility index (Phi) is 14.7. The summed E-state index contributed by atoms with van der Waals surface area (Å²) in [6.45, 7) is 9.44. The van der Waals surface area contributed by atoms with Gasteiger partial charge in [0.1, 0.15) is 24.8 Å². The maximum atomic E-state index is 15.3. The number of hydrogen-bond donors (Lipinski definition) is 0. The number of hydrogen-bond acceptors (Lipinski definition) is 13. The number of ether oxygens (including phenoxy) is 5. The Labute approximate surface area is 371 Å². The second-order valence-electron chi connectivity index (χ2n) is 14.8. The summed E-state index contributed by atoms with van der Waals surface area (Å²) in [6.07, 6.45) is 7.89. The molecule has 0 saturated carbocycles. The maximum absolute atomic E-state index is 15.3. The van der Waals surface area contributed by atoms with Crippen LogP contribution >= 0.6 is 11.6 Å². The fourth-order valence-corrected chi connectivity index (χ4v) is 7.28. The summed E-state index contributed by atoms with van der Waals surface area (Å²) in [5.41, 5.74) is 1.51. The number of fused-ring (bicyclic) bond motifs is 2. The fraction of sp³-hybridized carbons (Fsp3) is 0.277. The van der Waals surface area contributed by atoms with Crippen LogP contribution in [-0.4, -0.2) is 119 Å². The lowest BCUT2D eigenvalue weighted by atomic mass is 10.0. The molecule has 0 atom stereocenters. The maximum Gasteiger partial charge on any atom is 0.265 e. The van der Waals surface area contributed by atoms with Gasteiger partial charge in [0.05, 0.1) is 59.1 Å². The average molecular weight is 892 g/mol. The second kappa shape index (κ2) is 21.3. The molecule has 2 fully saturated rings. The number of pyridine rings is 5. The fourth-order valence-electron chi connectivity index (χ4n) is 7.08. The monoisotopic (exact) mass is 891 g/mol. The molecule has 0 N–H and O–H groups in total. The van der Waals surface area contributed by atoms with Gasteiger partial charge in [-0.15, -0.1) is 0 Å². The smallest absolute Gasteiger partial charge is 0.265 e. The zero-order valence-corrected chi connectivity index (χ0v) is 35.5. The zero-order valence-electron chi connectivity index (χ0n) is 34.7. The quantitative estimate of drug-likeness (QED) is 0.104. The van der Waals surface area contributed by atoms with E-state index in [1.54, 1.807) is 49.1 Å². The van der Waals surface area contributed by atoms with Gasteiger partial charge in [-0.1, -0.05) is 23.7 Å². The SMILES string of the molecule is Clc1ccnc2cc(OCCN3CCOCC3)ncc12.O=C(Cc1ccc(F)cc1)c1cccn(-c2ccc(Oc3ccnc4cc(OCCN5CCOCC5)ncc34)c(F)c2)c1=O. The summed E-state index contributed by atoms with van der Waals surface area (Å²) in [7, 11) is 0. The Morgan fingerprint density at radius 2 is 1.31 bits per heavy atom. The lowest BCUT2D eigenvalue weighted by molar-refractivity contribution is 0.0319. The Morgan fingerprint density at radius 1 is 0.703 bits per heavy atom. The highest BCUT2D eigenvalue weighted by Crippen LogP contribution is 2.32. The van der Waals surface area contributed by atoms with Crippen LogP contribution in [0.25, 0.3) is 27.5 Å². The molecule has 2 aromatic carbocycles. The van der Waals surface area contributed by atoms with Crippen molar-refractivity contribution in [3.63, 3.8) is 0 Å².